The van der Waals surface area contributed by atoms with Crippen molar-refractivity contribution < 1.29 is 17.9 Å². The van der Waals surface area contributed by atoms with Gasteiger partial charge in [0.1, 0.15) is 5.75 Å². The lowest BCUT2D eigenvalue weighted by atomic mass is 10.00. The normalized spacial score (nSPS) is 14.7. The summed E-state index contributed by atoms with van der Waals surface area (Å²) in [7, 11) is -2.12. The van der Waals surface area contributed by atoms with Crippen molar-refractivity contribution in [3.63, 3.8) is 0 Å². The van der Waals surface area contributed by atoms with Crippen LogP contribution < -0.4 is 20.1 Å². The summed E-state index contributed by atoms with van der Waals surface area (Å²) in [5, 5.41) is 8.75. The van der Waals surface area contributed by atoms with Gasteiger partial charge in [-0.05, 0) is 36.4 Å². The molecule has 1 aliphatic heterocycles. The molecule has 0 unspecified atom stereocenters. The fraction of sp³-hybridized carbons (Fsp3) is 0.222. The van der Waals surface area contributed by atoms with Crippen LogP contribution in [0.1, 0.15) is 0 Å². The maximum atomic E-state index is 12.4. The van der Waals surface area contributed by atoms with Gasteiger partial charge in [0.25, 0.3) is 0 Å². The molecule has 1 amide bonds. The van der Waals surface area contributed by atoms with Crippen molar-refractivity contribution in [2.45, 2.75) is 4.90 Å². The van der Waals surface area contributed by atoms with Crippen LogP contribution in [-0.2, 0) is 14.8 Å². The van der Waals surface area contributed by atoms with E-state index in [-0.39, 0.29) is 16.7 Å². The number of methoxy groups -OCH3 is 1. The largest absolute Gasteiger partial charge is 0.497 e. The van der Waals surface area contributed by atoms with Gasteiger partial charge in [-0.3, -0.25) is 4.79 Å². The first-order chi connectivity index (χ1) is 13.3. The van der Waals surface area contributed by atoms with Crippen LogP contribution in [-0.4, -0.2) is 39.5 Å². The molecule has 2 aromatic carbocycles. The lowest BCUT2D eigenvalue weighted by molar-refractivity contribution is -0.120. The molecule has 0 spiro atoms. The van der Waals surface area contributed by atoms with Gasteiger partial charge in [-0.15, -0.1) is 0 Å². The second-order valence-electron chi connectivity index (χ2n) is 6.49. The van der Waals surface area contributed by atoms with Gasteiger partial charge in [0.15, 0.2) is 5.13 Å². The molecule has 0 saturated carbocycles. The first kappa shape index (κ1) is 18.7. The zero-order chi connectivity index (χ0) is 19.9. The standard InChI is InChI=1S/C18H18N4O4S2/c1-26-13-4-7-16-15(8-13)21-18(27-16)22-9-11(10-22)17(23)20-12-2-5-14(6-3-12)28(19,24)25/h2-8,11H,9-10H2,1H3,(H,20,23)(H2,19,24,25). The van der Waals surface area contributed by atoms with E-state index in [1.807, 2.05) is 18.2 Å². The van der Waals surface area contributed by atoms with Crippen molar-refractivity contribution in [1.82, 2.24) is 4.98 Å². The third-order valence-corrected chi connectivity index (χ3v) is 6.58. The number of sulfonamides is 1. The summed E-state index contributed by atoms with van der Waals surface area (Å²) >= 11 is 1.58. The Morgan fingerprint density at radius 2 is 1.96 bits per heavy atom. The van der Waals surface area contributed by atoms with Crippen LogP contribution >= 0.6 is 11.3 Å². The van der Waals surface area contributed by atoms with Gasteiger partial charge in [0, 0.05) is 24.8 Å². The molecule has 1 aromatic heterocycles. The number of rotatable bonds is 5. The Labute approximate surface area is 166 Å². The predicted molar refractivity (Wildman–Crippen MR) is 108 cm³/mol. The molecule has 3 aromatic rings. The summed E-state index contributed by atoms with van der Waals surface area (Å²) in [6, 6.07) is 11.6. The third kappa shape index (κ3) is 3.66. The summed E-state index contributed by atoms with van der Waals surface area (Å²) in [6.07, 6.45) is 0. The molecule has 0 aliphatic carbocycles. The van der Waals surface area contributed by atoms with Gasteiger partial charge in [-0.1, -0.05) is 11.3 Å². The number of nitrogens with two attached hydrogens (primary N) is 1. The van der Waals surface area contributed by atoms with E-state index in [0.717, 1.165) is 21.1 Å². The molecule has 4 rings (SSSR count). The SMILES string of the molecule is COc1ccc2sc(N3CC(C(=O)Nc4ccc(S(N)(=O)=O)cc4)C3)nc2c1. The molecule has 0 bridgehead atoms. The summed E-state index contributed by atoms with van der Waals surface area (Å²) in [6.45, 7) is 1.16. The highest BCUT2D eigenvalue weighted by Gasteiger charge is 2.34. The van der Waals surface area contributed by atoms with E-state index >= 15 is 0 Å². The number of amides is 1. The number of ether oxygens (including phenoxy) is 1. The molecule has 1 saturated heterocycles. The van der Waals surface area contributed by atoms with Gasteiger partial charge in [0.2, 0.25) is 15.9 Å². The van der Waals surface area contributed by atoms with Crippen LogP contribution in [0.15, 0.2) is 47.4 Å². The van der Waals surface area contributed by atoms with Gasteiger partial charge in [-0.25, -0.2) is 18.5 Å². The zero-order valence-electron chi connectivity index (χ0n) is 15.0. The van der Waals surface area contributed by atoms with Crippen molar-refractivity contribution in [3.05, 3.63) is 42.5 Å². The van der Waals surface area contributed by atoms with Gasteiger partial charge >= 0.3 is 0 Å². The molecule has 28 heavy (non-hydrogen) atoms. The number of nitrogens with one attached hydrogen (secondary N) is 1. The van der Waals surface area contributed by atoms with E-state index in [1.54, 1.807) is 18.4 Å². The molecule has 8 nitrogen and oxygen atoms in total. The molecule has 10 heteroatoms. The Kier molecular flexibility index (Phi) is 4.69. The molecule has 3 N–H and O–H groups in total. The van der Waals surface area contributed by atoms with E-state index in [4.69, 9.17) is 9.88 Å². The average Bonchev–Trinajstić information content (AvgIpc) is 3.02. The van der Waals surface area contributed by atoms with E-state index in [0.29, 0.717) is 18.8 Å². The van der Waals surface area contributed by atoms with Gasteiger partial charge in [-0.2, -0.15) is 0 Å². The number of anilines is 2. The maximum Gasteiger partial charge on any atom is 0.238 e. The lowest BCUT2D eigenvalue weighted by Gasteiger charge is -2.37. The quantitative estimate of drug-likeness (QED) is 0.655. The fourth-order valence-corrected chi connectivity index (χ4v) is 4.41. The first-order valence-corrected chi connectivity index (χ1v) is 10.8. The highest BCUT2D eigenvalue weighted by atomic mass is 32.2. The second-order valence-corrected chi connectivity index (χ2v) is 9.06. The molecule has 1 aliphatic rings. The molecule has 2 heterocycles. The fourth-order valence-electron chi connectivity index (χ4n) is 2.93. The van der Waals surface area contributed by atoms with E-state index in [2.05, 4.69) is 15.2 Å². The van der Waals surface area contributed by atoms with Crippen LogP contribution in [0.25, 0.3) is 10.2 Å². The summed E-state index contributed by atoms with van der Waals surface area (Å²) < 4.78 is 28.8. The van der Waals surface area contributed by atoms with Crippen LogP contribution in [0, 0.1) is 5.92 Å². The Morgan fingerprint density at radius 1 is 1.25 bits per heavy atom. The number of carbonyl (C=O) groups excluding carboxylic acids is 1. The molecule has 0 atom stereocenters. The number of primary sulfonamides is 1. The minimum Gasteiger partial charge on any atom is -0.497 e. The van der Waals surface area contributed by atoms with Crippen LogP contribution in [0.4, 0.5) is 10.8 Å². The predicted octanol–water partition coefficient (Wildman–Crippen LogP) is 2.03. The number of aromatic nitrogens is 1. The maximum absolute atomic E-state index is 12.4. The third-order valence-electron chi connectivity index (χ3n) is 4.56. The summed E-state index contributed by atoms with van der Waals surface area (Å²) in [4.78, 5) is 19.1. The Bertz CT molecular complexity index is 1140. The van der Waals surface area contributed by atoms with Gasteiger partial charge in [0.05, 0.1) is 28.1 Å². The van der Waals surface area contributed by atoms with Crippen LogP contribution in [0.3, 0.4) is 0 Å². The molecular formula is C18H18N4O4S2. The highest BCUT2D eigenvalue weighted by Crippen LogP contribution is 2.34. The summed E-state index contributed by atoms with van der Waals surface area (Å²) in [5.41, 5.74) is 1.41. The monoisotopic (exact) mass is 418 g/mol. The summed E-state index contributed by atoms with van der Waals surface area (Å²) in [5.74, 6) is 0.500. The molecule has 1 fully saturated rings. The number of hydrogen-bond acceptors (Lipinski definition) is 7. The topological polar surface area (TPSA) is 115 Å². The van der Waals surface area contributed by atoms with Crippen molar-refractivity contribution in [2.75, 3.05) is 30.4 Å². The number of benzene rings is 2. The van der Waals surface area contributed by atoms with Crippen LogP contribution in [0.2, 0.25) is 0 Å². The Morgan fingerprint density at radius 3 is 2.61 bits per heavy atom. The number of fused-ring (bicyclic) bond motifs is 1. The Balaban J connectivity index is 1.37. The van der Waals surface area contributed by atoms with Crippen molar-refractivity contribution in [1.29, 1.82) is 0 Å². The lowest BCUT2D eigenvalue weighted by Crippen LogP contribution is -2.52. The first-order valence-electron chi connectivity index (χ1n) is 8.47. The van der Waals surface area contributed by atoms with E-state index < -0.39 is 10.0 Å². The number of nitrogens with zero attached hydrogens (tertiary/aromatic N) is 2. The number of carbonyl (C=O) groups is 1. The molecule has 146 valence electrons. The minimum absolute atomic E-state index is 0.00721. The van der Waals surface area contributed by atoms with Crippen molar-refractivity contribution in [3.8, 4) is 5.75 Å². The number of thiazole rings is 1. The average molecular weight is 419 g/mol. The minimum atomic E-state index is -3.74. The molecular weight excluding hydrogens is 400 g/mol. The van der Waals surface area contributed by atoms with Crippen molar-refractivity contribution in [2.24, 2.45) is 11.1 Å². The Hall–Kier alpha value is -2.69. The van der Waals surface area contributed by atoms with E-state index in [9.17, 15) is 13.2 Å². The highest BCUT2D eigenvalue weighted by molar-refractivity contribution is 7.89. The smallest absolute Gasteiger partial charge is 0.238 e. The second kappa shape index (κ2) is 7.04. The zero-order valence-corrected chi connectivity index (χ0v) is 16.6. The van der Waals surface area contributed by atoms with E-state index in [1.165, 1.54) is 24.3 Å². The van der Waals surface area contributed by atoms with Crippen LogP contribution in [0.5, 0.6) is 5.75 Å². The number of hydrogen-bond donors (Lipinski definition) is 2. The van der Waals surface area contributed by atoms with Gasteiger partial charge < -0.3 is 15.0 Å². The van der Waals surface area contributed by atoms with Crippen molar-refractivity contribution >= 4 is 48.3 Å². The molecule has 0 radical (unpaired) electrons.